The van der Waals surface area contributed by atoms with Crippen LogP contribution >= 0.6 is 0 Å². The lowest BCUT2D eigenvalue weighted by atomic mass is 9.93. The van der Waals surface area contributed by atoms with Crippen molar-refractivity contribution < 1.29 is 18.0 Å². The Kier molecular flexibility index (Phi) is 3.67. The standard InChI is InChI=1S/C17H13F3N2O/c1-21-16(23)11-4-2-10(3-5-11)14-7-13(17(18,19)20)6-12-8-22-9-15(12)14/h2-7,9H,8H2,1H3,(H,21,23). The number of fused-ring (bicyclic) bond motifs is 1. The van der Waals surface area contributed by atoms with Crippen molar-refractivity contribution in [3.8, 4) is 11.1 Å². The molecule has 1 aliphatic heterocycles. The van der Waals surface area contributed by atoms with Gasteiger partial charge in [0, 0.05) is 24.4 Å². The number of nitrogens with zero attached hydrogens (tertiary/aromatic N) is 1. The lowest BCUT2D eigenvalue weighted by molar-refractivity contribution is -0.137. The number of aliphatic imine (C=N–C) groups is 1. The van der Waals surface area contributed by atoms with Gasteiger partial charge in [-0.3, -0.25) is 9.79 Å². The molecule has 0 spiro atoms. The summed E-state index contributed by atoms with van der Waals surface area (Å²) in [7, 11) is 1.52. The highest BCUT2D eigenvalue weighted by molar-refractivity contribution is 5.96. The summed E-state index contributed by atoms with van der Waals surface area (Å²) >= 11 is 0. The molecule has 1 amide bonds. The molecule has 2 aromatic carbocycles. The maximum atomic E-state index is 13.1. The van der Waals surface area contributed by atoms with Crippen LogP contribution in [0.4, 0.5) is 13.2 Å². The van der Waals surface area contributed by atoms with Crippen LogP contribution in [0.15, 0.2) is 41.4 Å². The smallest absolute Gasteiger partial charge is 0.355 e. The van der Waals surface area contributed by atoms with Crippen molar-refractivity contribution in [3.63, 3.8) is 0 Å². The van der Waals surface area contributed by atoms with E-state index in [0.717, 1.165) is 12.1 Å². The van der Waals surface area contributed by atoms with Crippen molar-refractivity contribution >= 4 is 12.1 Å². The van der Waals surface area contributed by atoms with Gasteiger partial charge in [-0.2, -0.15) is 13.2 Å². The number of rotatable bonds is 2. The molecule has 0 unspecified atom stereocenters. The predicted molar refractivity (Wildman–Crippen MR) is 81.6 cm³/mol. The summed E-state index contributed by atoms with van der Waals surface area (Å²) in [6, 6.07) is 8.74. The number of carbonyl (C=O) groups is 1. The first-order chi connectivity index (χ1) is 10.9. The fraction of sp³-hybridized carbons (Fsp3) is 0.176. The minimum atomic E-state index is -4.41. The molecule has 0 saturated carbocycles. The maximum absolute atomic E-state index is 13.1. The van der Waals surface area contributed by atoms with Crippen LogP contribution in [0.3, 0.4) is 0 Å². The van der Waals surface area contributed by atoms with E-state index < -0.39 is 11.7 Å². The van der Waals surface area contributed by atoms with E-state index in [-0.39, 0.29) is 12.5 Å². The fourth-order valence-electron chi connectivity index (χ4n) is 2.58. The van der Waals surface area contributed by atoms with Crippen molar-refractivity contribution in [2.45, 2.75) is 12.7 Å². The van der Waals surface area contributed by atoms with Gasteiger partial charge in [0.05, 0.1) is 12.1 Å². The second-order valence-corrected chi connectivity index (χ2v) is 5.22. The van der Waals surface area contributed by atoms with Crippen molar-refractivity contribution in [2.75, 3.05) is 7.05 Å². The molecule has 6 heteroatoms. The SMILES string of the molecule is CNC(=O)c1ccc(-c2cc(C(F)(F)F)cc3c2C=NC3)cc1. The molecule has 3 nitrogen and oxygen atoms in total. The molecule has 0 bridgehead atoms. The number of benzene rings is 2. The van der Waals surface area contributed by atoms with Gasteiger partial charge in [-0.1, -0.05) is 12.1 Å². The molecule has 3 rings (SSSR count). The minimum absolute atomic E-state index is 0.243. The van der Waals surface area contributed by atoms with E-state index in [4.69, 9.17) is 0 Å². The summed E-state index contributed by atoms with van der Waals surface area (Å²) in [4.78, 5) is 15.6. The van der Waals surface area contributed by atoms with Gasteiger partial charge >= 0.3 is 6.18 Å². The van der Waals surface area contributed by atoms with E-state index >= 15 is 0 Å². The summed E-state index contributed by atoms with van der Waals surface area (Å²) < 4.78 is 39.2. The lowest BCUT2D eigenvalue weighted by Crippen LogP contribution is -2.17. The van der Waals surface area contributed by atoms with Gasteiger partial charge < -0.3 is 5.32 Å². The van der Waals surface area contributed by atoms with Gasteiger partial charge in [-0.15, -0.1) is 0 Å². The van der Waals surface area contributed by atoms with E-state index in [1.165, 1.54) is 7.05 Å². The first-order valence-corrected chi connectivity index (χ1v) is 6.96. The van der Waals surface area contributed by atoms with Crippen molar-refractivity contribution in [1.29, 1.82) is 0 Å². The van der Waals surface area contributed by atoms with Crippen LogP contribution in [0.25, 0.3) is 11.1 Å². The Hall–Kier alpha value is -2.63. The molecule has 0 aliphatic carbocycles. The van der Waals surface area contributed by atoms with E-state index in [2.05, 4.69) is 10.3 Å². The highest BCUT2D eigenvalue weighted by Crippen LogP contribution is 2.37. The van der Waals surface area contributed by atoms with E-state index in [1.807, 2.05) is 0 Å². The molecular formula is C17H13F3N2O. The van der Waals surface area contributed by atoms with Crippen LogP contribution in [-0.4, -0.2) is 19.2 Å². The van der Waals surface area contributed by atoms with Crippen LogP contribution in [0.1, 0.15) is 27.0 Å². The average molecular weight is 318 g/mol. The third-order valence-electron chi connectivity index (χ3n) is 3.76. The second-order valence-electron chi connectivity index (χ2n) is 5.22. The van der Waals surface area contributed by atoms with Crippen LogP contribution < -0.4 is 5.32 Å². The molecular weight excluding hydrogens is 305 g/mol. The molecule has 0 fully saturated rings. The van der Waals surface area contributed by atoms with Gasteiger partial charge in [-0.25, -0.2) is 0 Å². The van der Waals surface area contributed by atoms with E-state index in [1.54, 1.807) is 30.5 Å². The minimum Gasteiger partial charge on any atom is -0.355 e. The first-order valence-electron chi connectivity index (χ1n) is 6.96. The largest absolute Gasteiger partial charge is 0.416 e. The van der Waals surface area contributed by atoms with Crippen molar-refractivity contribution in [1.82, 2.24) is 5.32 Å². The number of hydrogen-bond donors (Lipinski definition) is 1. The number of carbonyl (C=O) groups excluding carboxylic acids is 1. The summed E-state index contributed by atoms with van der Waals surface area (Å²) in [5, 5.41) is 2.50. The zero-order valence-corrected chi connectivity index (χ0v) is 12.2. The Bertz CT molecular complexity index is 793. The fourth-order valence-corrected chi connectivity index (χ4v) is 2.58. The van der Waals surface area contributed by atoms with Gasteiger partial charge in [0.15, 0.2) is 0 Å². The van der Waals surface area contributed by atoms with Gasteiger partial charge in [0.1, 0.15) is 0 Å². The van der Waals surface area contributed by atoms with Gasteiger partial charge in [0.2, 0.25) is 0 Å². The summed E-state index contributed by atoms with van der Waals surface area (Å²) in [6.07, 6.45) is -2.81. The van der Waals surface area contributed by atoms with E-state index in [9.17, 15) is 18.0 Å². The van der Waals surface area contributed by atoms with Gasteiger partial charge in [-0.05, 0) is 41.0 Å². The average Bonchev–Trinajstić information content (AvgIpc) is 3.01. The molecule has 0 saturated heterocycles. The van der Waals surface area contributed by atoms with Gasteiger partial charge in [0.25, 0.3) is 5.91 Å². The topological polar surface area (TPSA) is 41.5 Å². The lowest BCUT2D eigenvalue weighted by Gasteiger charge is -2.13. The molecule has 23 heavy (non-hydrogen) atoms. The molecule has 2 aromatic rings. The normalized spacial score (nSPS) is 13.0. The summed E-state index contributed by atoms with van der Waals surface area (Å²) in [5.74, 6) is -0.243. The number of hydrogen-bond acceptors (Lipinski definition) is 2. The van der Waals surface area contributed by atoms with Crippen molar-refractivity contribution in [2.24, 2.45) is 4.99 Å². The van der Waals surface area contributed by atoms with Crippen LogP contribution in [-0.2, 0) is 12.7 Å². The number of alkyl halides is 3. The Morgan fingerprint density at radius 3 is 2.48 bits per heavy atom. The van der Waals surface area contributed by atoms with Crippen LogP contribution in [0, 0.1) is 0 Å². The number of halogens is 3. The van der Waals surface area contributed by atoms with E-state index in [0.29, 0.717) is 27.8 Å². The molecule has 1 N–H and O–H groups in total. The number of amides is 1. The third kappa shape index (κ3) is 2.84. The molecule has 1 heterocycles. The molecule has 0 radical (unpaired) electrons. The molecule has 118 valence electrons. The predicted octanol–water partition coefficient (Wildman–Crippen LogP) is 3.66. The highest BCUT2D eigenvalue weighted by Gasteiger charge is 2.32. The zero-order chi connectivity index (χ0) is 16.6. The quantitative estimate of drug-likeness (QED) is 0.902. The van der Waals surface area contributed by atoms with Crippen LogP contribution in [0.2, 0.25) is 0 Å². The Morgan fingerprint density at radius 1 is 1.17 bits per heavy atom. The first kappa shape index (κ1) is 15.3. The summed E-state index contributed by atoms with van der Waals surface area (Å²) in [5.41, 5.74) is 2.12. The van der Waals surface area contributed by atoms with Crippen molar-refractivity contribution in [3.05, 3.63) is 58.7 Å². The Labute approximate surface area is 130 Å². The number of nitrogens with one attached hydrogen (secondary N) is 1. The maximum Gasteiger partial charge on any atom is 0.416 e. The molecule has 0 atom stereocenters. The Balaban J connectivity index is 2.10. The second kappa shape index (κ2) is 5.53. The zero-order valence-electron chi connectivity index (χ0n) is 12.2. The molecule has 0 aromatic heterocycles. The summed E-state index contributed by atoms with van der Waals surface area (Å²) in [6.45, 7) is 0.253. The third-order valence-corrected chi connectivity index (χ3v) is 3.76. The molecule has 1 aliphatic rings. The Morgan fingerprint density at radius 2 is 1.87 bits per heavy atom. The highest BCUT2D eigenvalue weighted by atomic mass is 19.4. The van der Waals surface area contributed by atoms with Crippen LogP contribution in [0.5, 0.6) is 0 Å². The monoisotopic (exact) mass is 318 g/mol.